The van der Waals surface area contributed by atoms with Crippen molar-refractivity contribution >= 4 is 0 Å². The molecule has 0 aliphatic heterocycles. The lowest BCUT2D eigenvalue weighted by Gasteiger charge is -2.44. The average Bonchev–Trinajstić information content (AvgIpc) is 3.19. The van der Waals surface area contributed by atoms with E-state index in [0.29, 0.717) is 0 Å². The summed E-state index contributed by atoms with van der Waals surface area (Å²) in [5, 5.41) is 0. The summed E-state index contributed by atoms with van der Waals surface area (Å²) < 4.78 is 0. The Morgan fingerprint density at radius 3 is 1.35 bits per heavy atom. The van der Waals surface area contributed by atoms with Crippen LogP contribution in [0.4, 0.5) is 0 Å². The monoisotopic (exact) mass is 518 g/mol. The van der Waals surface area contributed by atoms with E-state index in [9.17, 15) is 0 Å². The van der Waals surface area contributed by atoms with Crippen LogP contribution in [0.15, 0.2) is 115 Å². The minimum atomic E-state index is -0.0786. The normalized spacial score (nSPS) is 17.1. The molecule has 5 aromatic rings. The van der Waals surface area contributed by atoms with E-state index in [-0.39, 0.29) is 22.2 Å². The highest BCUT2D eigenvalue weighted by Gasteiger charge is 2.45. The fourth-order valence-electron chi connectivity index (χ4n) is 7.74. The van der Waals surface area contributed by atoms with Crippen molar-refractivity contribution in [1.29, 1.82) is 0 Å². The lowest BCUT2D eigenvalue weighted by atomic mass is 9.59. The average molecular weight is 519 g/mol. The van der Waals surface area contributed by atoms with Crippen molar-refractivity contribution in [2.45, 2.75) is 63.7 Å². The fourth-order valence-corrected chi connectivity index (χ4v) is 7.74. The Labute approximate surface area is 239 Å². The lowest BCUT2D eigenvalue weighted by molar-refractivity contribution is 0.518. The molecule has 0 N–H and O–H groups in total. The third-order valence-corrected chi connectivity index (χ3v) is 10.1. The molecule has 0 atom stereocenters. The van der Waals surface area contributed by atoms with Crippen molar-refractivity contribution in [2.24, 2.45) is 0 Å². The lowest BCUT2D eigenvalue weighted by Crippen LogP contribution is -2.37. The largest absolute Gasteiger partial charge is 0.0622 e. The molecule has 0 unspecified atom stereocenters. The zero-order valence-corrected chi connectivity index (χ0v) is 24.5. The van der Waals surface area contributed by atoms with Crippen LogP contribution in [0.3, 0.4) is 0 Å². The summed E-state index contributed by atoms with van der Waals surface area (Å²) in [4.78, 5) is 0. The quantitative estimate of drug-likeness (QED) is 0.208. The van der Waals surface area contributed by atoms with Gasteiger partial charge in [0.05, 0.1) is 0 Å². The highest BCUT2D eigenvalue weighted by Crippen LogP contribution is 2.56. The summed E-state index contributed by atoms with van der Waals surface area (Å²) in [6.45, 7) is 14.5. The van der Waals surface area contributed by atoms with Gasteiger partial charge in [0.25, 0.3) is 0 Å². The standard InChI is InChI=1S/C40H38/c1-38(2)31-19-13-14-20-32(31)39(3,4)36-25-34-30(24-35(36)38)29-22-21-28(23-33(29)40(34,5)6)37(26-15-9-7-10-16-26)27-17-11-8-12-18-27/h7-25,37H,1-6H3. The van der Waals surface area contributed by atoms with Crippen LogP contribution in [0.1, 0.15) is 97.5 Å². The third-order valence-electron chi connectivity index (χ3n) is 10.1. The molecule has 0 radical (unpaired) electrons. The zero-order chi connectivity index (χ0) is 27.9. The van der Waals surface area contributed by atoms with Gasteiger partial charge in [-0.15, -0.1) is 0 Å². The van der Waals surface area contributed by atoms with Gasteiger partial charge in [-0.2, -0.15) is 0 Å². The summed E-state index contributed by atoms with van der Waals surface area (Å²) in [6.07, 6.45) is 0. The van der Waals surface area contributed by atoms with E-state index in [0.717, 1.165) is 0 Å². The molecule has 0 saturated heterocycles. The van der Waals surface area contributed by atoms with Gasteiger partial charge in [0.2, 0.25) is 0 Å². The van der Waals surface area contributed by atoms with Crippen LogP contribution >= 0.6 is 0 Å². The van der Waals surface area contributed by atoms with Gasteiger partial charge < -0.3 is 0 Å². The van der Waals surface area contributed by atoms with Gasteiger partial charge in [0.1, 0.15) is 0 Å². The van der Waals surface area contributed by atoms with Gasteiger partial charge in [-0.25, -0.2) is 0 Å². The first-order valence-electron chi connectivity index (χ1n) is 14.7. The van der Waals surface area contributed by atoms with Crippen molar-refractivity contribution in [2.75, 3.05) is 0 Å². The summed E-state index contributed by atoms with van der Waals surface area (Å²) >= 11 is 0. The van der Waals surface area contributed by atoms with Gasteiger partial charge in [0, 0.05) is 22.2 Å². The Morgan fingerprint density at radius 1 is 0.350 bits per heavy atom. The van der Waals surface area contributed by atoms with E-state index >= 15 is 0 Å². The number of benzene rings is 5. The maximum atomic E-state index is 2.56. The molecule has 7 rings (SSSR count). The predicted molar refractivity (Wildman–Crippen MR) is 169 cm³/mol. The van der Waals surface area contributed by atoms with Crippen LogP contribution in [0.25, 0.3) is 11.1 Å². The first-order chi connectivity index (χ1) is 19.1. The molecular formula is C40H38. The number of hydrogen-bond acceptors (Lipinski definition) is 0. The van der Waals surface area contributed by atoms with Crippen molar-refractivity contribution < 1.29 is 0 Å². The summed E-state index contributed by atoms with van der Waals surface area (Å²) in [5.41, 5.74) is 15.4. The molecule has 0 spiro atoms. The first kappa shape index (κ1) is 25.1. The second-order valence-electron chi connectivity index (χ2n) is 13.4. The maximum Gasteiger partial charge on any atom is 0.0340 e. The van der Waals surface area contributed by atoms with Crippen LogP contribution in [0.2, 0.25) is 0 Å². The molecule has 2 aliphatic carbocycles. The molecule has 0 bridgehead atoms. The highest BCUT2D eigenvalue weighted by molar-refractivity contribution is 5.83. The van der Waals surface area contributed by atoms with E-state index in [1.54, 1.807) is 0 Å². The Kier molecular flexibility index (Phi) is 5.36. The van der Waals surface area contributed by atoms with Crippen LogP contribution in [0, 0.1) is 0 Å². The van der Waals surface area contributed by atoms with E-state index in [1.807, 2.05) is 0 Å². The van der Waals surface area contributed by atoms with Gasteiger partial charge in [-0.05, 0) is 67.3 Å². The molecule has 0 heterocycles. The second kappa shape index (κ2) is 8.55. The van der Waals surface area contributed by atoms with E-state index in [1.165, 1.54) is 61.2 Å². The van der Waals surface area contributed by atoms with Crippen LogP contribution in [0.5, 0.6) is 0 Å². The molecule has 0 heteroatoms. The van der Waals surface area contributed by atoms with Gasteiger partial charge in [-0.3, -0.25) is 0 Å². The highest BCUT2D eigenvalue weighted by atomic mass is 14.5. The molecule has 0 saturated carbocycles. The van der Waals surface area contributed by atoms with Crippen molar-refractivity contribution in [3.8, 4) is 11.1 Å². The molecule has 198 valence electrons. The fraction of sp³-hybridized carbons (Fsp3) is 0.250. The van der Waals surface area contributed by atoms with Crippen molar-refractivity contribution in [1.82, 2.24) is 0 Å². The molecule has 0 amide bonds. The first-order valence-corrected chi connectivity index (χ1v) is 14.7. The van der Waals surface area contributed by atoms with Crippen molar-refractivity contribution in [3.05, 3.63) is 165 Å². The van der Waals surface area contributed by atoms with Crippen LogP contribution in [-0.4, -0.2) is 0 Å². The molecule has 0 nitrogen and oxygen atoms in total. The Morgan fingerprint density at radius 2 is 0.800 bits per heavy atom. The Balaban J connectivity index is 1.42. The van der Waals surface area contributed by atoms with Crippen LogP contribution in [-0.2, 0) is 16.2 Å². The molecule has 0 aromatic heterocycles. The smallest absolute Gasteiger partial charge is 0.0340 e. The molecule has 0 fully saturated rings. The topological polar surface area (TPSA) is 0 Å². The number of rotatable bonds is 3. The number of fused-ring (bicyclic) bond motifs is 5. The van der Waals surface area contributed by atoms with Gasteiger partial charge >= 0.3 is 0 Å². The minimum Gasteiger partial charge on any atom is -0.0622 e. The molecule has 5 aromatic carbocycles. The Bertz CT molecular complexity index is 1710. The second-order valence-corrected chi connectivity index (χ2v) is 13.4. The van der Waals surface area contributed by atoms with E-state index in [4.69, 9.17) is 0 Å². The Hall–Kier alpha value is -3.90. The molecule has 40 heavy (non-hydrogen) atoms. The SMILES string of the molecule is CC1(C)c2cc(C(c3ccccc3)c3ccccc3)ccc2-c2cc3c(cc21)C(C)(C)c1ccccc1C3(C)C. The predicted octanol–water partition coefficient (Wildman–Crippen LogP) is 10.1. The van der Waals surface area contributed by atoms with Crippen molar-refractivity contribution in [3.63, 3.8) is 0 Å². The van der Waals surface area contributed by atoms with Gasteiger partial charge in [0.15, 0.2) is 0 Å². The summed E-state index contributed by atoms with van der Waals surface area (Å²) in [5.74, 6) is 0.202. The summed E-state index contributed by atoms with van der Waals surface area (Å²) in [6, 6.07) is 43.4. The van der Waals surface area contributed by atoms with E-state index < -0.39 is 0 Å². The van der Waals surface area contributed by atoms with Crippen LogP contribution < -0.4 is 0 Å². The summed E-state index contributed by atoms with van der Waals surface area (Å²) in [7, 11) is 0. The maximum absolute atomic E-state index is 2.56. The zero-order valence-electron chi connectivity index (χ0n) is 24.5. The number of hydrogen-bond donors (Lipinski definition) is 0. The molecule has 2 aliphatic rings. The third kappa shape index (κ3) is 3.45. The van der Waals surface area contributed by atoms with E-state index in [2.05, 4.69) is 157 Å². The molecular weight excluding hydrogens is 480 g/mol. The minimum absolute atomic E-state index is 0.0434. The van der Waals surface area contributed by atoms with Gasteiger partial charge in [-0.1, -0.05) is 151 Å².